The fourth-order valence-electron chi connectivity index (χ4n) is 4.63. The Labute approximate surface area is 180 Å². The molecule has 0 spiro atoms. The first-order chi connectivity index (χ1) is 14.9. The summed E-state index contributed by atoms with van der Waals surface area (Å²) in [6.45, 7) is 7.10. The van der Waals surface area contributed by atoms with Crippen LogP contribution in [0.2, 0.25) is 0 Å². The van der Waals surface area contributed by atoms with Crippen molar-refractivity contribution in [3.63, 3.8) is 0 Å². The number of hydrogen-bond donors (Lipinski definition) is 0. The quantitative estimate of drug-likeness (QED) is 0.668. The Hall–Kier alpha value is -2.75. The first-order valence-corrected chi connectivity index (χ1v) is 10.9. The Balaban J connectivity index is 1.46. The van der Waals surface area contributed by atoms with Crippen molar-refractivity contribution in [2.24, 2.45) is 11.8 Å². The number of esters is 1. The van der Waals surface area contributed by atoms with Gasteiger partial charge in [-0.1, -0.05) is 12.1 Å². The molecule has 4 rings (SSSR count). The minimum absolute atomic E-state index is 0.0140. The molecular weight excluding hydrogens is 402 g/mol. The lowest BCUT2D eigenvalue weighted by atomic mass is 9.93. The van der Waals surface area contributed by atoms with Crippen LogP contribution in [0, 0.1) is 18.8 Å². The molecule has 2 aromatic rings. The molecule has 0 aromatic carbocycles. The predicted octanol–water partition coefficient (Wildman–Crippen LogP) is 1.41. The highest BCUT2D eigenvalue weighted by Crippen LogP contribution is 2.24. The number of likely N-dealkylation sites (tertiary alicyclic amines) is 2. The summed E-state index contributed by atoms with van der Waals surface area (Å²) < 4.78 is 11.2. The number of nitrogens with zero attached hydrogens (tertiary/aromatic N) is 5. The van der Waals surface area contributed by atoms with E-state index in [0.717, 1.165) is 32.4 Å². The topological polar surface area (TPSA) is 111 Å². The molecule has 0 saturated carbocycles. The Morgan fingerprint density at radius 1 is 1.19 bits per heavy atom. The summed E-state index contributed by atoms with van der Waals surface area (Å²) in [4.78, 5) is 42.0. The van der Waals surface area contributed by atoms with Gasteiger partial charge in [0.05, 0.1) is 19.2 Å². The minimum Gasteiger partial charge on any atom is -0.464 e. The highest BCUT2D eigenvalue weighted by molar-refractivity contribution is 6.01. The second kappa shape index (κ2) is 8.78. The van der Waals surface area contributed by atoms with Gasteiger partial charge >= 0.3 is 5.97 Å². The van der Waals surface area contributed by atoms with Gasteiger partial charge < -0.3 is 14.2 Å². The van der Waals surface area contributed by atoms with Gasteiger partial charge in [-0.3, -0.25) is 14.5 Å². The zero-order valence-corrected chi connectivity index (χ0v) is 18.3. The first kappa shape index (κ1) is 21.5. The standard InChI is InChI=1S/C21H29N5O5/c1-13-5-4-8-25(11-13)19(27)15-6-9-24(10-7-15)12-26-20(28)17-16(14(2)31-23-17)18(22-26)21(29)30-3/h13,15H,4-12H2,1-3H3/t13-/m1/s1. The number of rotatable bonds is 4. The Bertz CT molecular complexity index is 1040. The van der Waals surface area contributed by atoms with Crippen molar-refractivity contribution < 1.29 is 18.8 Å². The maximum absolute atomic E-state index is 12.9. The van der Waals surface area contributed by atoms with Crippen LogP contribution in [0.15, 0.2) is 9.32 Å². The Morgan fingerprint density at radius 2 is 1.94 bits per heavy atom. The third kappa shape index (κ3) is 4.21. The van der Waals surface area contributed by atoms with Gasteiger partial charge in [0.2, 0.25) is 5.91 Å². The Kier molecular flexibility index (Phi) is 6.08. The van der Waals surface area contributed by atoms with Crippen LogP contribution in [0.1, 0.15) is 48.9 Å². The van der Waals surface area contributed by atoms with Gasteiger partial charge in [0, 0.05) is 32.1 Å². The molecule has 0 bridgehead atoms. The molecule has 168 valence electrons. The molecule has 2 aliphatic rings. The summed E-state index contributed by atoms with van der Waals surface area (Å²) in [6.07, 6.45) is 3.75. The van der Waals surface area contributed by atoms with E-state index in [1.165, 1.54) is 18.2 Å². The van der Waals surface area contributed by atoms with Crippen LogP contribution in [0.25, 0.3) is 10.9 Å². The van der Waals surface area contributed by atoms with E-state index in [0.29, 0.717) is 24.8 Å². The molecule has 2 fully saturated rings. The third-order valence-corrected chi connectivity index (χ3v) is 6.38. The van der Waals surface area contributed by atoms with E-state index in [9.17, 15) is 14.4 Å². The second-order valence-electron chi connectivity index (χ2n) is 8.67. The molecular formula is C21H29N5O5. The zero-order chi connectivity index (χ0) is 22.1. The van der Waals surface area contributed by atoms with Crippen molar-refractivity contribution in [1.29, 1.82) is 0 Å². The van der Waals surface area contributed by atoms with Gasteiger partial charge in [-0.15, -0.1) is 0 Å². The normalized spacial score (nSPS) is 20.9. The first-order valence-electron chi connectivity index (χ1n) is 10.9. The molecule has 2 aliphatic heterocycles. The van der Waals surface area contributed by atoms with Gasteiger partial charge in [0.25, 0.3) is 5.56 Å². The van der Waals surface area contributed by atoms with Gasteiger partial charge in [-0.25, -0.2) is 9.48 Å². The van der Waals surface area contributed by atoms with Crippen LogP contribution in [0.5, 0.6) is 0 Å². The number of carbonyl (C=O) groups excluding carboxylic acids is 2. The summed E-state index contributed by atoms with van der Waals surface area (Å²) in [5.74, 6) is 0.546. The van der Waals surface area contributed by atoms with Crippen molar-refractivity contribution in [3.05, 3.63) is 21.8 Å². The van der Waals surface area contributed by atoms with Crippen LogP contribution >= 0.6 is 0 Å². The number of ether oxygens (including phenoxy) is 1. The maximum atomic E-state index is 12.9. The zero-order valence-electron chi connectivity index (χ0n) is 18.3. The molecule has 2 aromatic heterocycles. The lowest BCUT2D eigenvalue weighted by Crippen LogP contribution is -2.46. The molecule has 0 N–H and O–H groups in total. The molecule has 2 saturated heterocycles. The fourth-order valence-corrected chi connectivity index (χ4v) is 4.63. The number of piperidine rings is 2. The molecule has 1 atom stereocenters. The fraction of sp³-hybridized carbons (Fsp3) is 0.667. The number of aryl methyl sites for hydroxylation is 1. The largest absolute Gasteiger partial charge is 0.464 e. The highest BCUT2D eigenvalue weighted by Gasteiger charge is 2.31. The van der Waals surface area contributed by atoms with E-state index in [1.807, 2.05) is 4.90 Å². The third-order valence-electron chi connectivity index (χ3n) is 6.38. The monoisotopic (exact) mass is 431 g/mol. The lowest BCUT2D eigenvalue weighted by Gasteiger charge is -2.37. The maximum Gasteiger partial charge on any atom is 0.359 e. The van der Waals surface area contributed by atoms with Crippen molar-refractivity contribution in [1.82, 2.24) is 24.7 Å². The summed E-state index contributed by atoms with van der Waals surface area (Å²) in [6, 6.07) is 0. The van der Waals surface area contributed by atoms with E-state index in [-0.39, 0.29) is 35.1 Å². The van der Waals surface area contributed by atoms with E-state index in [2.05, 4.69) is 22.1 Å². The van der Waals surface area contributed by atoms with Crippen molar-refractivity contribution in [2.45, 2.75) is 46.2 Å². The lowest BCUT2D eigenvalue weighted by molar-refractivity contribution is -0.139. The molecule has 10 heteroatoms. The summed E-state index contributed by atoms with van der Waals surface area (Å²) in [7, 11) is 1.26. The molecule has 4 heterocycles. The molecule has 10 nitrogen and oxygen atoms in total. The van der Waals surface area contributed by atoms with E-state index in [1.54, 1.807) is 6.92 Å². The minimum atomic E-state index is -0.648. The number of amides is 1. The molecule has 0 unspecified atom stereocenters. The molecule has 31 heavy (non-hydrogen) atoms. The van der Waals surface area contributed by atoms with Crippen molar-refractivity contribution >= 4 is 22.8 Å². The van der Waals surface area contributed by atoms with Gasteiger partial charge in [-0.05, 0) is 38.5 Å². The van der Waals surface area contributed by atoms with Crippen LogP contribution in [0.3, 0.4) is 0 Å². The van der Waals surface area contributed by atoms with Gasteiger partial charge in [0.15, 0.2) is 11.2 Å². The van der Waals surface area contributed by atoms with E-state index < -0.39 is 11.5 Å². The van der Waals surface area contributed by atoms with Crippen molar-refractivity contribution in [2.75, 3.05) is 33.3 Å². The second-order valence-corrected chi connectivity index (χ2v) is 8.67. The Morgan fingerprint density at radius 3 is 2.61 bits per heavy atom. The average Bonchev–Trinajstić information content (AvgIpc) is 3.17. The molecule has 0 aliphatic carbocycles. The van der Waals surface area contributed by atoms with E-state index in [4.69, 9.17) is 9.26 Å². The SMILES string of the molecule is COC(=O)c1nn(CN2CCC(C(=O)N3CCC[C@@H](C)C3)CC2)c(=O)c2noc(C)c12. The van der Waals surface area contributed by atoms with E-state index >= 15 is 0 Å². The smallest absolute Gasteiger partial charge is 0.359 e. The summed E-state index contributed by atoms with van der Waals surface area (Å²) in [5, 5.41) is 8.35. The van der Waals surface area contributed by atoms with Gasteiger partial charge in [0.1, 0.15) is 5.76 Å². The number of carbonyl (C=O) groups is 2. The van der Waals surface area contributed by atoms with Crippen LogP contribution in [-0.2, 0) is 16.2 Å². The van der Waals surface area contributed by atoms with Gasteiger partial charge in [-0.2, -0.15) is 5.10 Å². The summed E-state index contributed by atoms with van der Waals surface area (Å²) in [5.41, 5.74) is -0.336. The number of aromatic nitrogens is 3. The van der Waals surface area contributed by atoms with Crippen LogP contribution in [0.4, 0.5) is 0 Å². The van der Waals surface area contributed by atoms with Crippen LogP contribution in [-0.4, -0.2) is 69.9 Å². The average molecular weight is 431 g/mol. The predicted molar refractivity (Wildman–Crippen MR) is 111 cm³/mol. The van der Waals surface area contributed by atoms with Crippen molar-refractivity contribution in [3.8, 4) is 0 Å². The number of methoxy groups -OCH3 is 1. The molecule has 0 radical (unpaired) electrons. The summed E-state index contributed by atoms with van der Waals surface area (Å²) >= 11 is 0. The molecule has 1 amide bonds. The highest BCUT2D eigenvalue weighted by atomic mass is 16.5. The number of hydrogen-bond acceptors (Lipinski definition) is 8. The number of fused-ring (bicyclic) bond motifs is 1. The van der Waals surface area contributed by atoms with Crippen LogP contribution < -0.4 is 5.56 Å².